The van der Waals surface area contributed by atoms with Crippen molar-refractivity contribution in [1.82, 2.24) is 14.9 Å². The number of carbonyl (C=O) groups excluding carboxylic acids is 1. The van der Waals surface area contributed by atoms with Crippen LogP contribution >= 0.6 is 11.3 Å². The lowest BCUT2D eigenvalue weighted by Crippen LogP contribution is -2.41. The standard InChI is InChI=1S/C11H19N5O3S2/c1-7(17)14-10-15-16-11(20-10)21(18,19)13-6-8-4-2-3-5-9(8)12/h8-9,13H,2-6,12H2,1H3,(H,14,15,17). The molecular weight excluding hydrogens is 314 g/mol. The summed E-state index contributed by atoms with van der Waals surface area (Å²) in [7, 11) is -3.71. The van der Waals surface area contributed by atoms with E-state index in [9.17, 15) is 13.2 Å². The van der Waals surface area contributed by atoms with Crippen molar-refractivity contribution in [3.05, 3.63) is 0 Å². The molecule has 118 valence electrons. The topological polar surface area (TPSA) is 127 Å². The number of rotatable bonds is 5. The number of nitrogens with two attached hydrogens (primary N) is 1. The van der Waals surface area contributed by atoms with Crippen molar-refractivity contribution in [3.63, 3.8) is 0 Å². The first-order chi connectivity index (χ1) is 9.88. The molecule has 0 aliphatic heterocycles. The van der Waals surface area contributed by atoms with Gasteiger partial charge in [-0.1, -0.05) is 24.2 Å². The minimum Gasteiger partial charge on any atom is -0.327 e. The predicted octanol–water partition coefficient (Wildman–Crippen LogP) is 0.292. The highest BCUT2D eigenvalue weighted by atomic mass is 32.2. The van der Waals surface area contributed by atoms with Crippen molar-refractivity contribution in [2.45, 2.75) is 43.0 Å². The van der Waals surface area contributed by atoms with Crippen LogP contribution in [0.1, 0.15) is 32.6 Å². The maximum absolute atomic E-state index is 12.1. The van der Waals surface area contributed by atoms with E-state index in [4.69, 9.17) is 5.73 Å². The van der Waals surface area contributed by atoms with Gasteiger partial charge < -0.3 is 11.1 Å². The summed E-state index contributed by atoms with van der Waals surface area (Å²) in [4.78, 5) is 10.9. The van der Waals surface area contributed by atoms with Gasteiger partial charge in [0, 0.05) is 19.5 Å². The number of aromatic nitrogens is 2. The monoisotopic (exact) mass is 333 g/mol. The van der Waals surface area contributed by atoms with Crippen molar-refractivity contribution < 1.29 is 13.2 Å². The quantitative estimate of drug-likeness (QED) is 0.665. The first-order valence-electron chi connectivity index (χ1n) is 6.75. The lowest BCUT2D eigenvalue weighted by molar-refractivity contribution is -0.114. The van der Waals surface area contributed by atoms with Gasteiger partial charge >= 0.3 is 0 Å². The van der Waals surface area contributed by atoms with Gasteiger partial charge in [-0.05, 0) is 18.8 Å². The Morgan fingerprint density at radius 3 is 2.76 bits per heavy atom. The smallest absolute Gasteiger partial charge is 0.269 e. The molecular formula is C11H19N5O3S2. The second-order valence-electron chi connectivity index (χ2n) is 5.11. The Hall–Kier alpha value is -1.10. The number of hydrogen-bond acceptors (Lipinski definition) is 7. The third-order valence-corrected chi connectivity index (χ3v) is 6.05. The maximum Gasteiger partial charge on any atom is 0.269 e. The van der Waals surface area contributed by atoms with Crippen molar-refractivity contribution in [2.75, 3.05) is 11.9 Å². The van der Waals surface area contributed by atoms with Gasteiger partial charge in [0.1, 0.15) is 0 Å². The molecule has 0 aromatic carbocycles. The van der Waals surface area contributed by atoms with Gasteiger partial charge in [0.25, 0.3) is 10.0 Å². The fourth-order valence-electron chi connectivity index (χ4n) is 2.29. The van der Waals surface area contributed by atoms with Crippen LogP contribution in [0.15, 0.2) is 4.34 Å². The molecule has 1 fully saturated rings. The van der Waals surface area contributed by atoms with E-state index in [1.165, 1.54) is 6.92 Å². The van der Waals surface area contributed by atoms with Gasteiger partial charge in [-0.25, -0.2) is 13.1 Å². The Balaban J connectivity index is 1.97. The molecule has 1 aliphatic carbocycles. The third-order valence-electron chi connectivity index (χ3n) is 3.42. The zero-order valence-electron chi connectivity index (χ0n) is 11.7. The van der Waals surface area contributed by atoms with E-state index >= 15 is 0 Å². The molecule has 2 unspecified atom stereocenters. The highest BCUT2D eigenvalue weighted by Crippen LogP contribution is 2.24. The second-order valence-corrected chi connectivity index (χ2v) is 8.03. The molecule has 0 radical (unpaired) electrons. The molecule has 1 amide bonds. The van der Waals surface area contributed by atoms with E-state index in [-0.39, 0.29) is 27.3 Å². The molecule has 1 aliphatic rings. The molecule has 1 aromatic heterocycles. The summed E-state index contributed by atoms with van der Waals surface area (Å²) in [6.45, 7) is 1.62. The van der Waals surface area contributed by atoms with Crippen LogP contribution < -0.4 is 15.8 Å². The number of carbonyl (C=O) groups is 1. The van der Waals surface area contributed by atoms with Crippen LogP contribution in [0.5, 0.6) is 0 Å². The summed E-state index contributed by atoms with van der Waals surface area (Å²) in [6.07, 6.45) is 4.03. The average molecular weight is 333 g/mol. The Bertz CT molecular complexity index is 601. The minimum absolute atomic E-state index is 0.0332. The summed E-state index contributed by atoms with van der Waals surface area (Å²) < 4.78 is 26.6. The predicted molar refractivity (Wildman–Crippen MR) is 79.3 cm³/mol. The molecule has 1 saturated carbocycles. The Morgan fingerprint density at radius 2 is 2.10 bits per heavy atom. The normalized spacial score (nSPS) is 23.0. The van der Waals surface area contributed by atoms with Crippen LogP contribution in [0.4, 0.5) is 5.13 Å². The molecule has 10 heteroatoms. The lowest BCUT2D eigenvalue weighted by Gasteiger charge is -2.28. The maximum atomic E-state index is 12.1. The molecule has 21 heavy (non-hydrogen) atoms. The van der Waals surface area contributed by atoms with Crippen LogP contribution in [0, 0.1) is 5.92 Å². The highest BCUT2D eigenvalue weighted by molar-refractivity contribution is 7.91. The third kappa shape index (κ3) is 4.43. The minimum atomic E-state index is -3.71. The van der Waals surface area contributed by atoms with Crippen LogP contribution in [-0.2, 0) is 14.8 Å². The highest BCUT2D eigenvalue weighted by Gasteiger charge is 2.26. The van der Waals surface area contributed by atoms with Crippen LogP contribution in [0.25, 0.3) is 0 Å². The van der Waals surface area contributed by atoms with Gasteiger partial charge in [-0.15, -0.1) is 10.2 Å². The largest absolute Gasteiger partial charge is 0.327 e. The molecule has 0 spiro atoms. The fraction of sp³-hybridized carbons (Fsp3) is 0.727. The van der Waals surface area contributed by atoms with Crippen LogP contribution in [0.2, 0.25) is 0 Å². The summed E-state index contributed by atoms with van der Waals surface area (Å²) in [5.41, 5.74) is 6.00. The Kier molecular flexibility index (Phi) is 5.25. The van der Waals surface area contributed by atoms with Crippen molar-refractivity contribution in [1.29, 1.82) is 0 Å². The second kappa shape index (κ2) is 6.77. The van der Waals surface area contributed by atoms with E-state index in [2.05, 4.69) is 20.2 Å². The molecule has 0 saturated heterocycles. The lowest BCUT2D eigenvalue weighted by atomic mass is 9.85. The molecule has 4 N–H and O–H groups in total. The number of sulfonamides is 1. The summed E-state index contributed by atoms with van der Waals surface area (Å²) >= 11 is 0.820. The SMILES string of the molecule is CC(=O)Nc1nnc(S(=O)(=O)NCC2CCCCC2N)s1. The number of anilines is 1. The van der Waals surface area contributed by atoms with Crippen molar-refractivity contribution >= 4 is 32.4 Å². The number of nitrogens with zero attached hydrogens (tertiary/aromatic N) is 2. The summed E-state index contributed by atoms with van der Waals surface area (Å²) in [5, 5.41) is 9.79. The van der Waals surface area contributed by atoms with E-state index in [1.54, 1.807) is 0 Å². The van der Waals surface area contributed by atoms with Gasteiger partial charge in [-0.3, -0.25) is 4.79 Å². The number of nitrogens with one attached hydrogen (secondary N) is 2. The van der Waals surface area contributed by atoms with Gasteiger partial charge in [0.15, 0.2) is 0 Å². The summed E-state index contributed by atoms with van der Waals surface area (Å²) in [6, 6.07) is 0.0332. The van der Waals surface area contributed by atoms with E-state index in [0.29, 0.717) is 6.54 Å². The number of amides is 1. The molecule has 2 rings (SSSR count). The first kappa shape index (κ1) is 16.3. The number of hydrogen-bond donors (Lipinski definition) is 3. The molecule has 1 heterocycles. The van der Waals surface area contributed by atoms with Gasteiger partial charge in [0.05, 0.1) is 0 Å². The van der Waals surface area contributed by atoms with Crippen molar-refractivity contribution in [3.8, 4) is 0 Å². The molecule has 0 bridgehead atoms. The van der Waals surface area contributed by atoms with E-state index in [0.717, 1.165) is 37.0 Å². The Morgan fingerprint density at radius 1 is 1.38 bits per heavy atom. The average Bonchev–Trinajstić information content (AvgIpc) is 2.86. The van der Waals surface area contributed by atoms with Crippen molar-refractivity contribution in [2.24, 2.45) is 11.7 Å². The van der Waals surface area contributed by atoms with Crippen LogP contribution in [0.3, 0.4) is 0 Å². The van der Waals surface area contributed by atoms with Crippen LogP contribution in [-0.4, -0.2) is 37.1 Å². The van der Waals surface area contributed by atoms with Gasteiger partial charge in [-0.2, -0.15) is 0 Å². The van der Waals surface area contributed by atoms with E-state index < -0.39 is 10.0 Å². The zero-order chi connectivity index (χ0) is 15.5. The fourth-order valence-corrected chi connectivity index (χ4v) is 4.37. The first-order valence-corrected chi connectivity index (χ1v) is 9.05. The Labute approximate surface area is 127 Å². The summed E-state index contributed by atoms with van der Waals surface area (Å²) in [5.74, 6) is -0.174. The van der Waals surface area contributed by atoms with Gasteiger partial charge in [0.2, 0.25) is 15.4 Å². The van der Waals surface area contributed by atoms with E-state index in [1.807, 2.05) is 0 Å². The molecule has 8 nitrogen and oxygen atoms in total. The molecule has 1 aromatic rings. The zero-order valence-corrected chi connectivity index (χ0v) is 13.3. The molecule has 2 atom stereocenters.